The van der Waals surface area contributed by atoms with Crippen molar-refractivity contribution in [1.29, 1.82) is 0 Å². The van der Waals surface area contributed by atoms with Crippen LogP contribution in [0, 0.1) is 0 Å². The molecule has 0 aromatic heterocycles. The lowest BCUT2D eigenvalue weighted by atomic mass is 10.1. The van der Waals surface area contributed by atoms with Gasteiger partial charge in [0.15, 0.2) is 0 Å². The lowest BCUT2D eigenvalue weighted by molar-refractivity contribution is 0.517. The molecular weight excluding hydrogens is 148 g/mol. The maximum absolute atomic E-state index is 4.53. The van der Waals surface area contributed by atoms with Gasteiger partial charge in [-0.05, 0) is 32.3 Å². The molecule has 66 valence electrons. The van der Waals surface area contributed by atoms with Crippen molar-refractivity contribution in [2.45, 2.75) is 26.2 Å². The highest BCUT2D eigenvalue weighted by Gasteiger charge is 2.15. The smallest absolute Gasteiger partial charge is 0.123 e. The SMILES string of the molecule is CC1=CC(N2CCCC2)=NCC1. The molecule has 0 saturated carbocycles. The van der Waals surface area contributed by atoms with Crippen LogP contribution in [0.25, 0.3) is 0 Å². The van der Waals surface area contributed by atoms with Gasteiger partial charge in [0, 0.05) is 19.6 Å². The molecule has 2 heterocycles. The third-order valence-electron chi connectivity index (χ3n) is 2.59. The molecule has 2 rings (SSSR count). The van der Waals surface area contributed by atoms with Crippen LogP contribution in [0.15, 0.2) is 16.6 Å². The topological polar surface area (TPSA) is 15.6 Å². The van der Waals surface area contributed by atoms with E-state index in [1.165, 1.54) is 37.3 Å². The molecule has 0 N–H and O–H groups in total. The van der Waals surface area contributed by atoms with Crippen molar-refractivity contribution in [2.75, 3.05) is 19.6 Å². The molecule has 12 heavy (non-hydrogen) atoms. The molecule has 0 aromatic carbocycles. The van der Waals surface area contributed by atoms with Crippen LogP contribution in [0.4, 0.5) is 0 Å². The van der Waals surface area contributed by atoms with Crippen LogP contribution in [0.2, 0.25) is 0 Å². The maximum atomic E-state index is 4.53. The van der Waals surface area contributed by atoms with Crippen molar-refractivity contribution in [3.63, 3.8) is 0 Å². The lowest BCUT2D eigenvalue weighted by Gasteiger charge is -2.20. The Kier molecular flexibility index (Phi) is 2.15. The minimum absolute atomic E-state index is 0.994. The molecule has 0 aromatic rings. The summed E-state index contributed by atoms with van der Waals surface area (Å²) in [6.07, 6.45) is 6.07. The maximum Gasteiger partial charge on any atom is 0.123 e. The number of likely N-dealkylation sites (tertiary alicyclic amines) is 1. The summed E-state index contributed by atoms with van der Waals surface area (Å²) in [5.41, 5.74) is 1.48. The van der Waals surface area contributed by atoms with Gasteiger partial charge in [-0.15, -0.1) is 0 Å². The van der Waals surface area contributed by atoms with Crippen molar-refractivity contribution >= 4 is 5.84 Å². The molecule has 1 saturated heterocycles. The zero-order valence-corrected chi connectivity index (χ0v) is 7.71. The van der Waals surface area contributed by atoms with E-state index in [1.807, 2.05) is 0 Å². The summed E-state index contributed by atoms with van der Waals surface area (Å²) >= 11 is 0. The van der Waals surface area contributed by atoms with Gasteiger partial charge in [-0.1, -0.05) is 5.57 Å². The Morgan fingerprint density at radius 3 is 2.75 bits per heavy atom. The minimum Gasteiger partial charge on any atom is -0.357 e. The van der Waals surface area contributed by atoms with Gasteiger partial charge in [0.25, 0.3) is 0 Å². The lowest BCUT2D eigenvalue weighted by Crippen LogP contribution is -2.27. The number of nitrogens with zero attached hydrogens (tertiary/aromatic N) is 2. The third kappa shape index (κ3) is 1.52. The molecule has 0 unspecified atom stereocenters. The van der Waals surface area contributed by atoms with Crippen molar-refractivity contribution < 1.29 is 0 Å². The van der Waals surface area contributed by atoms with Crippen LogP contribution in [0.5, 0.6) is 0 Å². The number of aliphatic imine (C=N–C) groups is 1. The summed E-state index contributed by atoms with van der Waals surface area (Å²) in [6, 6.07) is 0. The average Bonchev–Trinajstić information content (AvgIpc) is 2.56. The zero-order valence-electron chi connectivity index (χ0n) is 7.71. The van der Waals surface area contributed by atoms with E-state index in [4.69, 9.17) is 0 Å². The zero-order chi connectivity index (χ0) is 8.39. The van der Waals surface area contributed by atoms with E-state index in [2.05, 4.69) is 22.9 Å². The molecule has 0 bridgehead atoms. The van der Waals surface area contributed by atoms with E-state index in [0.29, 0.717) is 0 Å². The first-order valence-electron chi connectivity index (χ1n) is 4.83. The molecule has 2 aliphatic heterocycles. The second-order valence-electron chi connectivity index (χ2n) is 3.67. The fourth-order valence-electron chi connectivity index (χ4n) is 1.82. The fraction of sp³-hybridized carbons (Fsp3) is 0.700. The standard InChI is InChI=1S/C10H16N2/c1-9-4-5-11-10(8-9)12-6-2-3-7-12/h8H,2-7H2,1H3. The van der Waals surface area contributed by atoms with Gasteiger partial charge in [0.1, 0.15) is 5.84 Å². The predicted molar refractivity (Wildman–Crippen MR) is 51.5 cm³/mol. The Morgan fingerprint density at radius 1 is 1.33 bits per heavy atom. The summed E-state index contributed by atoms with van der Waals surface area (Å²) in [5, 5.41) is 0. The molecule has 1 fully saturated rings. The first-order valence-corrected chi connectivity index (χ1v) is 4.83. The predicted octanol–water partition coefficient (Wildman–Crippen LogP) is 1.83. The van der Waals surface area contributed by atoms with Crippen LogP contribution in [0.3, 0.4) is 0 Å². The quantitative estimate of drug-likeness (QED) is 0.533. The number of rotatable bonds is 0. The summed E-state index contributed by atoms with van der Waals surface area (Å²) in [4.78, 5) is 6.93. The van der Waals surface area contributed by atoms with E-state index >= 15 is 0 Å². The Hall–Kier alpha value is -0.790. The number of hydrogen-bond donors (Lipinski definition) is 0. The first-order chi connectivity index (χ1) is 5.86. The van der Waals surface area contributed by atoms with Crippen LogP contribution in [-0.2, 0) is 0 Å². The molecule has 0 amide bonds. The Bertz CT molecular complexity index is 222. The number of hydrogen-bond acceptors (Lipinski definition) is 2. The van der Waals surface area contributed by atoms with E-state index in [9.17, 15) is 0 Å². The summed E-state index contributed by atoms with van der Waals surface area (Å²) in [7, 11) is 0. The van der Waals surface area contributed by atoms with Gasteiger partial charge in [0.05, 0.1) is 0 Å². The molecular formula is C10H16N2. The van der Waals surface area contributed by atoms with Crippen molar-refractivity contribution in [1.82, 2.24) is 4.90 Å². The normalized spacial score (nSPS) is 23.9. The summed E-state index contributed by atoms with van der Waals surface area (Å²) < 4.78 is 0. The second kappa shape index (κ2) is 3.30. The highest BCUT2D eigenvalue weighted by Crippen LogP contribution is 2.14. The molecule has 0 aliphatic carbocycles. The second-order valence-corrected chi connectivity index (χ2v) is 3.67. The van der Waals surface area contributed by atoms with Gasteiger partial charge in [0.2, 0.25) is 0 Å². The van der Waals surface area contributed by atoms with Gasteiger partial charge >= 0.3 is 0 Å². The van der Waals surface area contributed by atoms with Crippen LogP contribution >= 0.6 is 0 Å². The molecule has 0 spiro atoms. The van der Waals surface area contributed by atoms with Gasteiger partial charge < -0.3 is 4.90 Å². The van der Waals surface area contributed by atoms with Crippen molar-refractivity contribution in [3.8, 4) is 0 Å². The third-order valence-corrected chi connectivity index (χ3v) is 2.59. The molecule has 2 nitrogen and oxygen atoms in total. The van der Waals surface area contributed by atoms with Gasteiger partial charge in [-0.25, -0.2) is 0 Å². The van der Waals surface area contributed by atoms with E-state index in [-0.39, 0.29) is 0 Å². The summed E-state index contributed by atoms with van der Waals surface area (Å²) in [6.45, 7) is 5.62. The van der Waals surface area contributed by atoms with Gasteiger partial charge in [-0.2, -0.15) is 0 Å². The van der Waals surface area contributed by atoms with Crippen LogP contribution < -0.4 is 0 Å². The highest BCUT2D eigenvalue weighted by atomic mass is 15.2. The average molecular weight is 164 g/mol. The largest absolute Gasteiger partial charge is 0.357 e. The summed E-state index contributed by atoms with van der Waals surface area (Å²) in [5.74, 6) is 1.23. The van der Waals surface area contributed by atoms with Crippen molar-refractivity contribution in [3.05, 3.63) is 11.6 Å². The van der Waals surface area contributed by atoms with E-state index in [1.54, 1.807) is 0 Å². The molecule has 2 aliphatic rings. The molecule has 2 heteroatoms. The molecule has 0 atom stereocenters. The van der Waals surface area contributed by atoms with E-state index < -0.39 is 0 Å². The number of amidine groups is 1. The van der Waals surface area contributed by atoms with Crippen LogP contribution in [0.1, 0.15) is 26.2 Å². The van der Waals surface area contributed by atoms with E-state index in [0.717, 1.165) is 13.0 Å². The Morgan fingerprint density at radius 2 is 2.08 bits per heavy atom. The van der Waals surface area contributed by atoms with Crippen LogP contribution in [-0.4, -0.2) is 30.4 Å². The Balaban J connectivity index is 2.07. The fourth-order valence-corrected chi connectivity index (χ4v) is 1.82. The molecule has 0 radical (unpaired) electrons. The number of dihydropyridines is 1. The van der Waals surface area contributed by atoms with Crippen molar-refractivity contribution in [2.24, 2.45) is 4.99 Å². The highest BCUT2D eigenvalue weighted by molar-refractivity contribution is 5.94. The van der Waals surface area contributed by atoms with Gasteiger partial charge in [-0.3, -0.25) is 4.99 Å². The minimum atomic E-state index is 0.994. The Labute approximate surface area is 74.0 Å². The monoisotopic (exact) mass is 164 g/mol. The first kappa shape index (κ1) is 7.84.